The monoisotopic (exact) mass is 464 g/mol. The lowest BCUT2D eigenvalue weighted by molar-refractivity contribution is 0.171. The van der Waals surface area contributed by atoms with Crippen molar-refractivity contribution in [2.75, 3.05) is 20.3 Å². The second kappa shape index (κ2) is 9.15. The van der Waals surface area contributed by atoms with Crippen LogP contribution >= 0.6 is 0 Å². The molecule has 0 saturated heterocycles. The Balaban J connectivity index is 1.48. The number of nitrogens with zero attached hydrogens (tertiary/aromatic N) is 6. The summed E-state index contributed by atoms with van der Waals surface area (Å²) in [6, 6.07) is 26.1. The molecule has 0 aliphatic carbocycles. The molecule has 35 heavy (non-hydrogen) atoms. The van der Waals surface area contributed by atoms with E-state index in [1.165, 1.54) is 5.56 Å². The van der Waals surface area contributed by atoms with Gasteiger partial charge in [0.15, 0.2) is 17.3 Å². The predicted octanol–water partition coefficient (Wildman–Crippen LogP) is 4.20. The summed E-state index contributed by atoms with van der Waals surface area (Å²) in [5, 5.41) is 14.0. The molecule has 1 aliphatic heterocycles. The number of tetrazole rings is 1. The van der Waals surface area contributed by atoms with Gasteiger partial charge in [0.1, 0.15) is 13.2 Å². The standard InChI is InChI=1S/C27H24N6O2/c1-32(18-19-7-3-2-4-8-19)26(22-13-14-28-23-10-6-5-9-21(22)23)27-29-30-31-33(27)20-11-12-24-25(17-20)35-16-15-34-24/h2-14,17,26H,15-16,18H2,1H3. The van der Waals surface area contributed by atoms with Crippen LogP contribution in [0.5, 0.6) is 11.5 Å². The van der Waals surface area contributed by atoms with Crippen LogP contribution in [0.3, 0.4) is 0 Å². The molecule has 0 fully saturated rings. The van der Waals surface area contributed by atoms with E-state index in [4.69, 9.17) is 9.47 Å². The molecule has 2 aromatic heterocycles. The number of rotatable bonds is 6. The topological polar surface area (TPSA) is 78.2 Å². The largest absolute Gasteiger partial charge is 0.486 e. The lowest BCUT2D eigenvalue weighted by Gasteiger charge is -2.28. The van der Waals surface area contributed by atoms with Crippen molar-refractivity contribution in [3.05, 3.63) is 102 Å². The fourth-order valence-corrected chi connectivity index (χ4v) is 4.60. The molecule has 0 bridgehead atoms. The van der Waals surface area contributed by atoms with Crippen molar-refractivity contribution < 1.29 is 9.47 Å². The van der Waals surface area contributed by atoms with E-state index < -0.39 is 0 Å². The number of aromatic nitrogens is 5. The first-order valence-electron chi connectivity index (χ1n) is 11.5. The molecule has 0 radical (unpaired) electrons. The normalized spacial score (nSPS) is 13.8. The van der Waals surface area contributed by atoms with Crippen LogP contribution in [0.2, 0.25) is 0 Å². The van der Waals surface area contributed by atoms with Crippen molar-refractivity contribution in [1.82, 2.24) is 30.1 Å². The molecular formula is C27H24N6O2. The molecule has 0 amide bonds. The van der Waals surface area contributed by atoms with E-state index in [0.29, 0.717) is 24.8 Å². The third-order valence-corrected chi connectivity index (χ3v) is 6.20. The third kappa shape index (κ3) is 4.08. The Kier molecular flexibility index (Phi) is 5.56. The summed E-state index contributed by atoms with van der Waals surface area (Å²) >= 11 is 0. The summed E-state index contributed by atoms with van der Waals surface area (Å²) in [4.78, 5) is 6.83. The lowest BCUT2D eigenvalue weighted by atomic mass is 9.99. The van der Waals surface area contributed by atoms with Gasteiger partial charge in [-0.15, -0.1) is 5.10 Å². The smallest absolute Gasteiger partial charge is 0.178 e. The van der Waals surface area contributed by atoms with Crippen molar-refractivity contribution in [3.63, 3.8) is 0 Å². The van der Waals surface area contributed by atoms with E-state index in [1.54, 1.807) is 4.68 Å². The van der Waals surface area contributed by atoms with Crippen LogP contribution in [0.15, 0.2) is 85.1 Å². The zero-order valence-corrected chi connectivity index (χ0v) is 19.3. The quantitative estimate of drug-likeness (QED) is 0.373. The number of hydrogen-bond donors (Lipinski definition) is 0. The molecule has 0 saturated carbocycles. The first-order chi connectivity index (χ1) is 17.3. The van der Waals surface area contributed by atoms with Gasteiger partial charge in [-0.1, -0.05) is 48.5 Å². The van der Waals surface area contributed by atoms with Gasteiger partial charge in [0, 0.05) is 24.2 Å². The van der Waals surface area contributed by atoms with Crippen molar-refractivity contribution in [2.24, 2.45) is 0 Å². The van der Waals surface area contributed by atoms with E-state index in [1.807, 2.05) is 48.7 Å². The fourth-order valence-electron chi connectivity index (χ4n) is 4.60. The van der Waals surface area contributed by atoms with Gasteiger partial charge in [0.2, 0.25) is 0 Å². The lowest BCUT2D eigenvalue weighted by Crippen LogP contribution is -2.28. The molecule has 8 nitrogen and oxygen atoms in total. The highest BCUT2D eigenvalue weighted by atomic mass is 16.6. The number of para-hydroxylation sites is 1. The number of fused-ring (bicyclic) bond motifs is 2. The first-order valence-corrected chi connectivity index (χ1v) is 11.5. The van der Waals surface area contributed by atoms with Crippen LogP contribution in [0.25, 0.3) is 16.6 Å². The maximum absolute atomic E-state index is 5.81. The van der Waals surface area contributed by atoms with Gasteiger partial charge in [-0.25, -0.2) is 0 Å². The molecule has 3 aromatic carbocycles. The Labute approximate surface area is 202 Å². The summed E-state index contributed by atoms with van der Waals surface area (Å²) in [5.41, 5.74) is 4.03. The highest BCUT2D eigenvalue weighted by molar-refractivity contribution is 5.82. The minimum atomic E-state index is -0.230. The summed E-state index contributed by atoms with van der Waals surface area (Å²) in [5.74, 6) is 2.13. The van der Waals surface area contributed by atoms with Gasteiger partial charge in [0.05, 0.1) is 17.2 Å². The first kappa shape index (κ1) is 21.2. The Bertz CT molecular complexity index is 1460. The minimum absolute atomic E-state index is 0.230. The number of hydrogen-bond acceptors (Lipinski definition) is 7. The molecule has 8 heteroatoms. The van der Waals surface area contributed by atoms with Crippen LogP contribution in [-0.4, -0.2) is 50.4 Å². The molecule has 1 aliphatic rings. The highest BCUT2D eigenvalue weighted by Crippen LogP contribution is 2.35. The van der Waals surface area contributed by atoms with Gasteiger partial charge in [-0.05, 0) is 52.9 Å². The van der Waals surface area contributed by atoms with Gasteiger partial charge < -0.3 is 9.47 Å². The van der Waals surface area contributed by atoms with Crippen LogP contribution in [0, 0.1) is 0 Å². The van der Waals surface area contributed by atoms with Crippen molar-refractivity contribution in [3.8, 4) is 17.2 Å². The molecule has 1 atom stereocenters. The molecule has 5 aromatic rings. The molecule has 1 unspecified atom stereocenters. The Morgan fingerprint density at radius 1 is 0.914 bits per heavy atom. The molecule has 0 N–H and O–H groups in total. The second-order valence-corrected chi connectivity index (χ2v) is 8.50. The number of pyridine rings is 1. The summed E-state index contributed by atoms with van der Waals surface area (Å²) in [6.07, 6.45) is 1.85. The zero-order chi connectivity index (χ0) is 23.6. The highest BCUT2D eigenvalue weighted by Gasteiger charge is 2.28. The Hall–Kier alpha value is -4.30. The molecular weight excluding hydrogens is 440 g/mol. The van der Waals surface area contributed by atoms with Gasteiger partial charge >= 0.3 is 0 Å². The van der Waals surface area contributed by atoms with Crippen LogP contribution < -0.4 is 9.47 Å². The van der Waals surface area contributed by atoms with Crippen molar-refractivity contribution in [1.29, 1.82) is 0 Å². The van der Waals surface area contributed by atoms with Crippen LogP contribution in [-0.2, 0) is 6.54 Å². The number of ether oxygens (including phenoxy) is 2. The van der Waals surface area contributed by atoms with Crippen LogP contribution in [0.1, 0.15) is 23.0 Å². The molecule has 174 valence electrons. The maximum atomic E-state index is 5.81. The maximum Gasteiger partial charge on any atom is 0.178 e. The Morgan fingerprint density at radius 3 is 2.60 bits per heavy atom. The van der Waals surface area contributed by atoms with E-state index in [9.17, 15) is 0 Å². The van der Waals surface area contributed by atoms with E-state index >= 15 is 0 Å². The molecule has 3 heterocycles. The summed E-state index contributed by atoms with van der Waals surface area (Å²) < 4.78 is 13.3. The van der Waals surface area contributed by atoms with Gasteiger partial charge in [-0.2, -0.15) is 4.68 Å². The zero-order valence-electron chi connectivity index (χ0n) is 19.3. The predicted molar refractivity (Wildman–Crippen MR) is 132 cm³/mol. The van der Waals surface area contributed by atoms with Crippen molar-refractivity contribution >= 4 is 10.9 Å². The molecule has 0 spiro atoms. The SMILES string of the molecule is CN(Cc1ccccc1)C(c1ccnc2ccccc12)c1nnnn1-c1ccc2c(c1)OCCO2. The Morgan fingerprint density at radius 2 is 1.71 bits per heavy atom. The van der Waals surface area contributed by atoms with E-state index in [2.05, 4.69) is 68.9 Å². The summed E-state index contributed by atoms with van der Waals surface area (Å²) in [7, 11) is 2.09. The number of benzene rings is 3. The average Bonchev–Trinajstić information content (AvgIpc) is 3.39. The fraction of sp³-hybridized carbons (Fsp3) is 0.185. The van der Waals surface area contributed by atoms with E-state index in [-0.39, 0.29) is 6.04 Å². The van der Waals surface area contributed by atoms with Crippen molar-refractivity contribution in [2.45, 2.75) is 12.6 Å². The van der Waals surface area contributed by atoms with Gasteiger partial charge in [0.25, 0.3) is 0 Å². The molecule has 6 rings (SSSR count). The van der Waals surface area contributed by atoms with E-state index in [0.717, 1.165) is 34.4 Å². The summed E-state index contributed by atoms with van der Waals surface area (Å²) in [6.45, 7) is 1.78. The average molecular weight is 465 g/mol. The third-order valence-electron chi connectivity index (χ3n) is 6.20. The van der Waals surface area contributed by atoms with Crippen LogP contribution in [0.4, 0.5) is 0 Å². The van der Waals surface area contributed by atoms with Gasteiger partial charge in [-0.3, -0.25) is 9.88 Å². The second-order valence-electron chi connectivity index (χ2n) is 8.50. The minimum Gasteiger partial charge on any atom is -0.486 e.